The molecule has 0 aliphatic carbocycles. The molecule has 2 N–H and O–H groups in total. The highest BCUT2D eigenvalue weighted by molar-refractivity contribution is 5.73. The van der Waals surface area contributed by atoms with Crippen molar-refractivity contribution >= 4 is 6.03 Å². The van der Waals surface area contributed by atoms with E-state index in [0.29, 0.717) is 5.92 Å². The molecular formula is C13H18N2O. The number of hydrogen-bond acceptors (Lipinski definition) is 1. The summed E-state index contributed by atoms with van der Waals surface area (Å²) in [4.78, 5) is 13.2. The van der Waals surface area contributed by atoms with Crippen molar-refractivity contribution in [1.82, 2.24) is 4.90 Å². The molecule has 1 aliphatic rings. The molecule has 86 valence electrons. The van der Waals surface area contributed by atoms with Crippen molar-refractivity contribution in [2.75, 3.05) is 6.54 Å². The SMILES string of the molecule is CC(C)C1c2ccccc2CCN1C(N)=O. The fourth-order valence-corrected chi connectivity index (χ4v) is 2.56. The Morgan fingerprint density at radius 1 is 1.44 bits per heavy atom. The molecule has 1 unspecified atom stereocenters. The lowest BCUT2D eigenvalue weighted by atomic mass is 9.86. The maximum Gasteiger partial charge on any atom is 0.315 e. The summed E-state index contributed by atoms with van der Waals surface area (Å²) >= 11 is 0. The van der Waals surface area contributed by atoms with Gasteiger partial charge in [0, 0.05) is 6.54 Å². The summed E-state index contributed by atoms with van der Waals surface area (Å²) in [5.74, 6) is 0.383. The molecule has 2 amide bonds. The van der Waals surface area contributed by atoms with Crippen LogP contribution in [0.4, 0.5) is 4.79 Å². The molecular weight excluding hydrogens is 200 g/mol. The molecule has 16 heavy (non-hydrogen) atoms. The van der Waals surface area contributed by atoms with Gasteiger partial charge in [0.1, 0.15) is 0 Å². The zero-order chi connectivity index (χ0) is 11.7. The number of nitrogens with two attached hydrogens (primary N) is 1. The van der Waals surface area contributed by atoms with Crippen molar-refractivity contribution < 1.29 is 4.79 Å². The van der Waals surface area contributed by atoms with Gasteiger partial charge in [-0.2, -0.15) is 0 Å². The van der Waals surface area contributed by atoms with Gasteiger partial charge >= 0.3 is 6.03 Å². The highest BCUT2D eigenvalue weighted by atomic mass is 16.2. The second kappa shape index (κ2) is 4.16. The van der Waals surface area contributed by atoms with Crippen LogP contribution in [0.5, 0.6) is 0 Å². The van der Waals surface area contributed by atoms with E-state index in [0.717, 1.165) is 13.0 Å². The van der Waals surface area contributed by atoms with Crippen LogP contribution in [0.2, 0.25) is 0 Å². The zero-order valence-corrected chi connectivity index (χ0v) is 9.81. The van der Waals surface area contributed by atoms with E-state index in [9.17, 15) is 4.79 Å². The van der Waals surface area contributed by atoms with E-state index >= 15 is 0 Å². The quantitative estimate of drug-likeness (QED) is 0.772. The maximum absolute atomic E-state index is 11.4. The Morgan fingerprint density at radius 3 is 2.75 bits per heavy atom. The van der Waals surface area contributed by atoms with Gasteiger partial charge < -0.3 is 10.6 Å². The molecule has 3 heteroatoms. The first-order valence-corrected chi connectivity index (χ1v) is 5.75. The number of rotatable bonds is 1. The van der Waals surface area contributed by atoms with Crippen LogP contribution >= 0.6 is 0 Å². The summed E-state index contributed by atoms with van der Waals surface area (Å²) in [7, 11) is 0. The first-order valence-electron chi connectivity index (χ1n) is 5.75. The molecule has 0 aromatic heterocycles. The molecule has 3 nitrogen and oxygen atoms in total. The highest BCUT2D eigenvalue weighted by Gasteiger charge is 2.31. The van der Waals surface area contributed by atoms with Crippen LogP contribution in [-0.4, -0.2) is 17.5 Å². The monoisotopic (exact) mass is 218 g/mol. The summed E-state index contributed by atoms with van der Waals surface area (Å²) in [6.45, 7) is 4.99. The van der Waals surface area contributed by atoms with E-state index < -0.39 is 0 Å². The first kappa shape index (κ1) is 11.0. The molecule has 0 saturated carbocycles. The largest absolute Gasteiger partial charge is 0.351 e. The third kappa shape index (κ3) is 1.77. The van der Waals surface area contributed by atoms with Crippen molar-refractivity contribution in [1.29, 1.82) is 0 Å². The lowest BCUT2D eigenvalue weighted by Gasteiger charge is -2.38. The summed E-state index contributed by atoms with van der Waals surface area (Å²) < 4.78 is 0. The lowest BCUT2D eigenvalue weighted by molar-refractivity contribution is 0.157. The normalized spacial score (nSPS) is 19.7. The number of carbonyl (C=O) groups is 1. The molecule has 1 aliphatic heterocycles. The van der Waals surface area contributed by atoms with E-state index in [2.05, 4.69) is 32.0 Å². The minimum absolute atomic E-state index is 0.127. The number of carbonyl (C=O) groups excluding carboxylic acids is 1. The molecule has 1 heterocycles. The Hall–Kier alpha value is -1.51. The minimum atomic E-state index is -0.312. The Bertz CT molecular complexity index is 401. The number of amides is 2. The zero-order valence-electron chi connectivity index (χ0n) is 9.81. The summed E-state index contributed by atoms with van der Waals surface area (Å²) in [5.41, 5.74) is 8.04. The summed E-state index contributed by atoms with van der Waals surface area (Å²) in [6.07, 6.45) is 0.905. The van der Waals surface area contributed by atoms with Crippen LogP contribution in [0.25, 0.3) is 0 Å². The van der Waals surface area contributed by atoms with Gasteiger partial charge in [0.25, 0.3) is 0 Å². The molecule has 1 atom stereocenters. The fraction of sp³-hybridized carbons (Fsp3) is 0.462. The van der Waals surface area contributed by atoms with Gasteiger partial charge in [0.15, 0.2) is 0 Å². The average Bonchev–Trinajstić information content (AvgIpc) is 2.27. The van der Waals surface area contributed by atoms with Gasteiger partial charge in [-0.25, -0.2) is 4.79 Å². The number of urea groups is 1. The first-order chi connectivity index (χ1) is 7.61. The minimum Gasteiger partial charge on any atom is -0.351 e. The van der Waals surface area contributed by atoms with Crippen molar-refractivity contribution in [3.63, 3.8) is 0 Å². The van der Waals surface area contributed by atoms with Gasteiger partial charge in [-0.1, -0.05) is 38.1 Å². The van der Waals surface area contributed by atoms with E-state index in [-0.39, 0.29) is 12.1 Å². The summed E-state index contributed by atoms with van der Waals surface area (Å²) in [5, 5.41) is 0. The smallest absolute Gasteiger partial charge is 0.315 e. The standard InChI is InChI=1S/C13H18N2O/c1-9(2)12-11-6-4-3-5-10(11)7-8-15(12)13(14)16/h3-6,9,12H,7-8H2,1-2H3,(H2,14,16). The number of fused-ring (bicyclic) bond motifs is 1. The third-order valence-electron chi connectivity index (χ3n) is 3.25. The molecule has 1 aromatic carbocycles. The fourth-order valence-electron chi connectivity index (χ4n) is 2.56. The van der Waals surface area contributed by atoms with E-state index in [1.54, 1.807) is 4.90 Å². The van der Waals surface area contributed by atoms with Crippen LogP contribution in [-0.2, 0) is 6.42 Å². The number of primary amides is 1. The number of nitrogens with zero attached hydrogens (tertiary/aromatic N) is 1. The highest BCUT2D eigenvalue weighted by Crippen LogP contribution is 2.34. The third-order valence-corrected chi connectivity index (χ3v) is 3.25. The summed E-state index contributed by atoms with van der Waals surface area (Å²) in [6, 6.07) is 8.14. The van der Waals surface area contributed by atoms with Crippen LogP contribution in [0.1, 0.15) is 31.0 Å². The van der Waals surface area contributed by atoms with E-state index in [1.165, 1.54) is 11.1 Å². The van der Waals surface area contributed by atoms with Crippen molar-refractivity contribution in [2.45, 2.75) is 26.3 Å². The molecule has 1 aromatic rings. The van der Waals surface area contributed by atoms with Gasteiger partial charge in [-0.05, 0) is 23.5 Å². The van der Waals surface area contributed by atoms with Crippen molar-refractivity contribution in [3.05, 3.63) is 35.4 Å². The van der Waals surface area contributed by atoms with Crippen LogP contribution in [0.15, 0.2) is 24.3 Å². The Labute approximate surface area is 96.2 Å². The van der Waals surface area contributed by atoms with Gasteiger partial charge in [0.2, 0.25) is 0 Å². The van der Waals surface area contributed by atoms with E-state index in [4.69, 9.17) is 5.73 Å². The molecule has 2 rings (SSSR count). The number of benzene rings is 1. The van der Waals surface area contributed by atoms with Gasteiger partial charge in [-0.15, -0.1) is 0 Å². The van der Waals surface area contributed by atoms with Gasteiger partial charge in [0.05, 0.1) is 6.04 Å². The maximum atomic E-state index is 11.4. The predicted molar refractivity (Wildman–Crippen MR) is 64.0 cm³/mol. The Kier molecular flexibility index (Phi) is 2.86. The molecule has 0 saturated heterocycles. The van der Waals surface area contributed by atoms with Crippen LogP contribution in [0.3, 0.4) is 0 Å². The van der Waals surface area contributed by atoms with Crippen molar-refractivity contribution in [3.8, 4) is 0 Å². The van der Waals surface area contributed by atoms with Crippen LogP contribution in [0, 0.1) is 5.92 Å². The number of hydrogen-bond donors (Lipinski definition) is 1. The second-order valence-electron chi connectivity index (χ2n) is 4.67. The van der Waals surface area contributed by atoms with Gasteiger partial charge in [-0.3, -0.25) is 0 Å². The Morgan fingerprint density at radius 2 is 2.12 bits per heavy atom. The topological polar surface area (TPSA) is 46.3 Å². The Balaban J connectivity index is 2.43. The molecule has 0 radical (unpaired) electrons. The lowest BCUT2D eigenvalue weighted by Crippen LogP contribution is -2.44. The molecule has 0 bridgehead atoms. The van der Waals surface area contributed by atoms with Crippen LogP contribution < -0.4 is 5.73 Å². The molecule has 0 spiro atoms. The average molecular weight is 218 g/mol. The van der Waals surface area contributed by atoms with Crippen molar-refractivity contribution in [2.24, 2.45) is 11.7 Å². The molecule has 0 fully saturated rings. The predicted octanol–water partition coefficient (Wildman–Crippen LogP) is 2.32. The second-order valence-corrected chi connectivity index (χ2v) is 4.67. The van der Waals surface area contributed by atoms with E-state index in [1.807, 2.05) is 6.07 Å².